The number of nitrogens with zero attached hydrogens (tertiary/aromatic N) is 3. The summed E-state index contributed by atoms with van der Waals surface area (Å²) in [5.41, 5.74) is 7.68. The summed E-state index contributed by atoms with van der Waals surface area (Å²) in [4.78, 5) is 8.25. The van der Waals surface area contributed by atoms with Crippen molar-refractivity contribution >= 4 is 27.0 Å². The zero-order chi connectivity index (χ0) is 10.1. The zero-order valence-electron chi connectivity index (χ0n) is 7.87. The Bertz CT molecular complexity index is 463. The number of rotatable bonds is 2. The Labute approximate surface area is 90.3 Å². The molecule has 74 valence electrons. The average molecular weight is 255 g/mol. The summed E-state index contributed by atoms with van der Waals surface area (Å²) in [7, 11) is 1.97. The highest BCUT2D eigenvalue weighted by atomic mass is 79.9. The highest BCUT2D eigenvalue weighted by Gasteiger charge is 2.12. The van der Waals surface area contributed by atoms with Gasteiger partial charge in [-0.1, -0.05) is 0 Å². The van der Waals surface area contributed by atoms with Crippen molar-refractivity contribution in [3.8, 4) is 0 Å². The summed E-state index contributed by atoms with van der Waals surface area (Å²) >= 11 is 3.53. The van der Waals surface area contributed by atoms with Crippen molar-refractivity contribution in [3.63, 3.8) is 0 Å². The molecule has 0 amide bonds. The molecule has 2 rings (SSSR count). The van der Waals surface area contributed by atoms with Crippen molar-refractivity contribution in [2.24, 2.45) is 12.8 Å². The lowest BCUT2D eigenvalue weighted by molar-refractivity contribution is 0.891. The minimum Gasteiger partial charge on any atom is -0.330 e. The van der Waals surface area contributed by atoms with E-state index < -0.39 is 0 Å². The predicted molar refractivity (Wildman–Crippen MR) is 59.0 cm³/mol. The van der Waals surface area contributed by atoms with Crippen molar-refractivity contribution < 1.29 is 0 Å². The number of hydrogen-bond acceptors (Lipinski definition) is 3. The lowest BCUT2D eigenvalue weighted by Crippen LogP contribution is -2.02. The largest absolute Gasteiger partial charge is 0.330 e. The van der Waals surface area contributed by atoms with Crippen LogP contribution in [0.25, 0.3) is 11.0 Å². The van der Waals surface area contributed by atoms with Gasteiger partial charge in [0.25, 0.3) is 0 Å². The lowest BCUT2D eigenvalue weighted by Gasteiger charge is -1.96. The second kappa shape index (κ2) is 3.67. The zero-order valence-corrected chi connectivity index (χ0v) is 9.45. The van der Waals surface area contributed by atoms with E-state index >= 15 is 0 Å². The fourth-order valence-electron chi connectivity index (χ4n) is 1.59. The Hall–Kier alpha value is -0.940. The molecule has 0 fully saturated rings. The Balaban J connectivity index is 2.74. The van der Waals surface area contributed by atoms with Crippen molar-refractivity contribution in [1.29, 1.82) is 0 Å². The smallest absolute Gasteiger partial charge is 0.144 e. The number of halogens is 1. The molecular weight excluding hydrogens is 244 g/mol. The first-order chi connectivity index (χ1) is 6.75. The van der Waals surface area contributed by atoms with Gasteiger partial charge in [0.05, 0.1) is 4.60 Å². The first kappa shape index (κ1) is 9.61. The van der Waals surface area contributed by atoms with Crippen LogP contribution in [0.15, 0.2) is 17.1 Å². The Morgan fingerprint density at radius 3 is 3.07 bits per heavy atom. The van der Waals surface area contributed by atoms with Crippen molar-refractivity contribution in [2.75, 3.05) is 6.54 Å². The normalized spacial score (nSPS) is 11.1. The minimum atomic E-state index is 0.632. The third-order valence-corrected chi connectivity index (χ3v) is 3.28. The predicted octanol–water partition coefficient (Wildman–Crippen LogP) is 1.23. The molecule has 2 heterocycles. The first-order valence-electron chi connectivity index (χ1n) is 4.38. The van der Waals surface area contributed by atoms with Crippen LogP contribution in [0.4, 0.5) is 0 Å². The van der Waals surface area contributed by atoms with Gasteiger partial charge in [0, 0.05) is 18.6 Å². The molecule has 0 aromatic carbocycles. The second-order valence-corrected chi connectivity index (χ2v) is 3.88. The van der Waals surface area contributed by atoms with Gasteiger partial charge in [0.2, 0.25) is 0 Å². The molecule has 0 spiro atoms. The summed E-state index contributed by atoms with van der Waals surface area (Å²) in [6.07, 6.45) is 4.23. The van der Waals surface area contributed by atoms with Crippen LogP contribution >= 0.6 is 15.9 Å². The van der Waals surface area contributed by atoms with E-state index in [-0.39, 0.29) is 0 Å². The van der Waals surface area contributed by atoms with E-state index in [0.29, 0.717) is 6.54 Å². The summed E-state index contributed by atoms with van der Waals surface area (Å²) in [5, 5.41) is 1.08. The highest BCUT2D eigenvalue weighted by Crippen LogP contribution is 2.27. The van der Waals surface area contributed by atoms with Gasteiger partial charge >= 0.3 is 0 Å². The fraction of sp³-hybridized carbons (Fsp3) is 0.333. The number of fused-ring (bicyclic) bond motifs is 1. The molecule has 0 bridgehead atoms. The van der Waals surface area contributed by atoms with Gasteiger partial charge in [-0.25, -0.2) is 9.97 Å². The van der Waals surface area contributed by atoms with Gasteiger partial charge in [-0.05, 0) is 34.5 Å². The van der Waals surface area contributed by atoms with Gasteiger partial charge in [0.15, 0.2) is 0 Å². The molecule has 2 aromatic rings. The van der Waals surface area contributed by atoms with Crippen LogP contribution in [0.3, 0.4) is 0 Å². The maximum atomic E-state index is 5.56. The van der Waals surface area contributed by atoms with Gasteiger partial charge < -0.3 is 10.3 Å². The summed E-state index contributed by atoms with van der Waals surface area (Å²) < 4.78 is 3.04. The highest BCUT2D eigenvalue weighted by molar-refractivity contribution is 9.10. The van der Waals surface area contributed by atoms with Crippen LogP contribution in [-0.2, 0) is 13.5 Å². The summed E-state index contributed by atoms with van der Waals surface area (Å²) in [5.74, 6) is 0. The summed E-state index contributed by atoms with van der Waals surface area (Å²) in [6, 6.07) is 0. The maximum Gasteiger partial charge on any atom is 0.144 e. The quantitative estimate of drug-likeness (QED) is 0.878. The molecular formula is C9H11BrN4. The number of aromatic nitrogens is 3. The molecule has 2 aromatic heterocycles. The average Bonchev–Trinajstić information content (AvgIpc) is 2.45. The van der Waals surface area contributed by atoms with Crippen LogP contribution in [0.2, 0.25) is 0 Å². The molecule has 0 saturated carbocycles. The van der Waals surface area contributed by atoms with Crippen molar-refractivity contribution in [2.45, 2.75) is 6.42 Å². The molecule has 5 heteroatoms. The third kappa shape index (κ3) is 1.33. The van der Waals surface area contributed by atoms with Gasteiger partial charge in [-0.3, -0.25) is 0 Å². The minimum absolute atomic E-state index is 0.632. The molecule has 0 unspecified atom stereocenters. The molecule has 0 aliphatic carbocycles. The molecule has 4 nitrogen and oxygen atoms in total. The van der Waals surface area contributed by atoms with E-state index in [1.807, 2.05) is 17.8 Å². The number of nitrogens with two attached hydrogens (primary N) is 1. The van der Waals surface area contributed by atoms with Crippen LogP contribution in [-0.4, -0.2) is 21.1 Å². The van der Waals surface area contributed by atoms with E-state index in [9.17, 15) is 0 Å². The molecule has 0 saturated heterocycles. The van der Waals surface area contributed by atoms with Gasteiger partial charge in [-0.2, -0.15) is 0 Å². The molecule has 0 atom stereocenters. The fourth-order valence-corrected chi connectivity index (χ4v) is 2.17. The Morgan fingerprint density at radius 2 is 2.36 bits per heavy atom. The molecule has 0 aliphatic rings. The van der Waals surface area contributed by atoms with E-state index in [4.69, 9.17) is 5.73 Å². The van der Waals surface area contributed by atoms with Crippen LogP contribution < -0.4 is 5.73 Å². The maximum absolute atomic E-state index is 5.56. The lowest BCUT2D eigenvalue weighted by atomic mass is 10.2. The second-order valence-electron chi connectivity index (χ2n) is 3.13. The summed E-state index contributed by atoms with van der Waals surface area (Å²) in [6.45, 7) is 0.632. The number of aryl methyl sites for hydroxylation is 1. The molecule has 2 N–H and O–H groups in total. The topological polar surface area (TPSA) is 56.7 Å². The van der Waals surface area contributed by atoms with E-state index in [0.717, 1.165) is 22.1 Å². The molecule has 0 radical (unpaired) electrons. The Morgan fingerprint density at radius 1 is 1.57 bits per heavy atom. The molecule has 0 aliphatic heterocycles. The molecule has 14 heavy (non-hydrogen) atoms. The van der Waals surface area contributed by atoms with Crippen LogP contribution in [0.1, 0.15) is 5.56 Å². The van der Waals surface area contributed by atoms with Gasteiger partial charge in [-0.15, -0.1) is 0 Å². The van der Waals surface area contributed by atoms with Crippen LogP contribution in [0, 0.1) is 0 Å². The monoisotopic (exact) mass is 254 g/mol. The third-order valence-electron chi connectivity index (χ3n) is 2.27. The van der Waals surface area contributed by atoms with Crippen molar-refractivity contribution in [1.82, 2.24) is 14.5 Å². The van der Waals surface area contributed by atoms with Crippen molar-refractivity contribution in [3.05, 3.63) is 22.7 Å². The Kier molecular flexibility index (Phi) is 2.52. The van der Waals surface area contributed by atoms with Gasteiger partial charge in [0.1, 0.15) is 12.0 Å². The SMILES string of the molecule is Cn1c(Br)c(CCN)c2cncnc21. The van der Waals surface area contributed by atoms with Crippen LogP contribution in [0.5, 0.6) is 0 Å². The van der Waals surface area contributed by atoms with E-state index in [1.165, 1.54) is 5.56 Å². The number of hydrogen-bond donors (Lipinski definition) is 1. The van der Waals surface area contributed by atoms with E-state index in [1.54, 1.807) is 6.33 Å². The standard InChI is InChI=1S/C9H11BrN4/c1-14-8(10)6(2-3-11)7-4-12-5-13-9(7)14/h4-5H,2-3,11H2,1H3. The first-order valence-corrected chi connectivity index (χ1v) is 5.18. The van der Waals surface area contributed by atoms with E-state index in [2.05, 4.69) is 25.9 Å².